The zero-order chi connectivity index (χ0) is 18.0. The van der Waals surface area contributed by atoms with Gasteiger partial charge in [-0.15, -0.1) is 0 Å². The largest absolute Gasteiger partial charge is 0.455 e. The van der Waals surface area contributed by atoms with Crippen molar-refractivity contribution in [2.45, 2.75) is 58.6 Å². The van der Waals surface area contributed by atoms with Crippen molar-refractivity contribution >= 4 is 5.91 Å². The number of furan rings is 1. The molecule has 2 aliphatic rings. The highest BCUT2D eigenvalue weighted by Crippen LogP contribution is 2.31. The molecule has 0 spiro atoms. The fourth-order valence-corrected chi connectivity index (χ4v) is 4.05. The first-order valence-corrected chi connectivity index (χ1v) is 9.71. The first kappa shape index (κ1) is 18.5. The SMILES string of the molecule is CCC1CN(C(=O)c2ccc(CN3CCC(C)CC3)o2)CC[C@@]1(C)O. The molecule has 1 aromatic rings. The van der Waals surface area contributed by atoms with E-state index in [9.17, 15) is 9.90 Å². The Bertz CT molecular complexity index is 588. The fraction of sp³-hybridized carbons (Fsp3) is 0.750. The summed E-state index contributed by atoms with van der Waals surface area (Å²) in [5, 5.41) is 10.4. The fourth-order valence-electron chi connectivity index (χ4n) is 4.05. The van der Waals surface area contributed by atoms with Crippen molar-refractivity contribution in [3.63, 3.8) is 0 Å². The summed E-state index contributed by atoms with van der Waals surface area (Å²) in [5.74, 6) is 2.18. The maximum Gasteiger partial charge on any atom is 0.289 e. The lowest BCUT2D eigenvalue weighted by molar-refractivity contribution is -0.0526. The summed E-state index contributed by atoms with van der Waals surface area (Å²) in [6.07, 6.45) is 3.96. The standard InChI is InChI=1S/C20H32N2O3/c1-4-16-13-22(12-9-20(16,3)24)19(23)18-6-5-17(25-18)14-21-10-7-15(2)8-11-21/h5-6,15-16,24H,4,7-14H2,1-3H3/t16?,20-/m1/s1. The highest BCUT2D eigenvalue weighted by Gasteiger charge is 2.38. The number of hydrogen-bond donors (Lipinski definition) is 1. The van der Waals surface area contributed by atoms with Crippen LogP contribution in [0, 0.1) is 11.8 Å². The number of nitrogens with zero attached hydrogens (tertiary/aromatic N) is 2. The smallest absolute Gasteiger partial charge is 0.289 e. The lowest BCUT2D eigenvalue weighted by atomic mass is 9.81. The van der Waals surface area contributed by atoms with Gasteiger partial charge in [-0.25, -0.2) is 0 Å². The van der Waals surface area contributed by atoms with Crippen LogP contribution < -0.4 is 0 Å². The van der Waals surface area contributed by atoms with Crippen molar-refractivity contribution in [2.75, 3.05) is 26.2 Å². The molecule has 1 N–H and O–H groups in total. The summed E-state index contributed by atoms with van der Waals surface area (Å²) in [5.41, 5.74) is -0.675. The van der Waals surface area contributed by atoms with Gasteiger partial charge in [-0.3, -0.25) is 9.69 Å². The number of aliphatic hydroxyl groups is 1. The maximum atomic E-state index is 12.8. The second kappa shape index (κ2) is 7.50. The average molecular weight is 348 g/mol. The second-order valence-electron chi connectivity index (χ2n) is 8.19. The Morgan fingerprint density at radius 1 is 1.32 bits per heavy atom. The molecule has 0 aromatic carbocycles. The molecule has 0 bridgehead atoms. The van der Waals surface area contributed by atoms with Gasteiger partial charge in [0.15, 0.2) is 5.76 Å². The van der Waals surface area contributed by atoms with Crippen molar-refractivity contribution in [2.24, 2.45) is 11.8 Å². The number of likely N-dealkylation sites (tertiary alicyclic amines) is 2. The Hall–Kier alpha value is -1.33. The van der Waals surface area contributed by atoms with Crippen molar-refractivity contribution < 1.29 is 14.3 Å². The van der Waals surface area contributed by atoms with Gasteiger partial charge in [0.05, 0.1) is 12.1 Å². The third kappa shape index (κ3) is 4.26. The summed E-state index contributed by atoms with van der Waals surface area (Å²) in [7, 11) is 0. The molecule has 0 aliphatic carbocycles. The van der Waals surface area contributed by atoms with Gasteiger partial charge in [-0.1, -0.05) is 13.8 Å². The second-order valence-corrected chi connectivity index (χ2v) is 8.19. The van der Waals surface area contributed by atoms with Gasteiger partial charge in [0.1, 0.15) is 5.76 Å². The van der Waals surface area contributed by atoms with Crippen LogP contribution in [0.4, 0.5) is 0 Å². The van der Waals surface area contributed by atoms with Gasteiger partial charge in [-0.05, 0) is 63.7 Å². The van der Waals surface area contributed by atoms with Crippen molar-refractivity contribution in [1.29, 1.82) is 0 Å². The van der Waals surface area contributed by atoms with Crippen LogP contribution in [-0.2, 0) is 6.54 Å². The molecule has 140 valence electrons. The lowest BCUT2D eigenvalue weighted by Gasteiger charge is -2.42. The van der Waals surface area contributed by atoms with Crippen LogP contribution >= 0.6 is 0 Å². The van der Waals surface area contributed by atoms with Crippen LogP contribution in [0.2, 0.25) is 0 Å². The van der Waals surface area contributed by atoms with E-state index in [1.54, 1.807) is 6.07 Å². The van der Waals surface area contributed by atoms with Gasteiger partial charge < -0.3 is 14.4 Å². The van der Waals surface area contributed by atoms with Gasteiger partial charge in [0.2, 0.25) is 0 Å². The number of carbonyl (C=O) groups excluding carboxylic acids is 1. The van der Waals surface area contributed by atoms with E-state index in [4.69, 9.17) is 4.42 Å². The minimum absolute atomic E-state index is 0.0486. The molecule has 2 saturated heterocycles. The quantitative estimate of drug-likeness (QED) is 0.908. The van der Waals surface area contributed by atoms with E-state index in [1.807, 2.05) is 17.9 Å². The minimum Gasteiger partial charge on any atom is -0.455 e. The normalized spacial score (nSPS) is 29.1. The van der Waals surface area contributed by atoms with Crippen LogP contribution in [0.5, 0.6) is 0 Å². The zero-order valence-electron chi connectivity index (χ0n) is 15.8. The van der Waals surface area contributed by atoms with E-state index in [2.05, 4.69) is 18.7 Å². The van der Waals surface area contributed by atoms with Gasteiger partial charge in [0, 0.05) is 19.0 Å². The topological polar surface area (TPSA) is 56.9 Å². The Labute approximate surface area is 151 Å². The predicted octanol–water partition coefficient (Wildman–Crippen LogP) is 3.13. The number of carbonyl (C=O) groups is 1. The first-order chi connectivity index (χ1) is 11.9. The average Bonchev–Trinajstić information content (AvgIpc) is 3.04. The summed E-state index contributed by atoms with van der Waals surface area (Å²) < 4.78 is 5.85. The number of piperidine rings is 2. The van der Waals surface area contributed by atoms with Crippen LogP contribution in [0.25, 0.3) is 0 Å². The molecular weight excluding hydrogens is 316 g/mol. The Morgan fingerprint density at radius 3 is 2.72 bits per heavy atom. The highest BCUT2D eigenvalue weighted by atomic mass is 16.4. The Kier molecular flexibility index (Phi) is 5.54. The van der Waals surface area contributed by atoms with E-state index < -0.39 is 5.60 Å². The molecule has 3 rings (SSSR count). The minimum atomic E-state index is -0.675. The molecule has 5 nitrogen and oxygen atoms in total. The van der Waals surface area contributed by atoms with Crippen LogP contribution in [-0.4, -0.2) is 52.6 Å². The van der Waals surface area contributed by atoms with E-state index in [-0.39, 0.29) is 11.8 Å². The molecule has 1 unspecified atom stereocenters. The molecule has 2 atom stereocenters. The van der Waals surface area contributed by atoms with Gasteiger partial charge in [0.25, 0.3) is 5.91 Å². The summed E-state index contributed by atoms with van der Waals surface area (Å²) in [4.78, 5) is 17.0. The molecular formula is C20H32N2O3. The first-order valence-electron chi connectivity index (χ1n) is 9.71. The number of amides is 1. The molecule has 1 amide bonds. The number of hydrogen-bond acceptors (Lipinski definition) is 4. The molecule has 0 saturated carbocycles. The van der Waals surface area contributed by atoms with Crippen molar-refractivity contribution in [3.05, 3.63) is 23.7 Å². The Balaban J connectivity index is 1.59. The zero-order valence-corrected chi connectivity index (χ0v) is 15.8. The molecule has 2 aliphatic heterocycles. The highest BCUT2D eigenvalue weighted by molar-refractivity contribution is 5.91. The summed E-state index contributed by atoms with van der Waals surface area (Å²) in [6.45, 7) is 10.4. The number of rotatable bonds is 4. The molecule has 3 heterocycles. The van der Waals surface area contributed by atoms with Crippen LogP contribution in [0.3, 0.4) is 0 Å². The van der Waals surface area contributed by atoms with Crippen LogP contribution in [0.15, 0.2) is 16.5 Å². The molecule has 0 radical (unpaired) electrons. The van der Waals surface area contributed by atoms with E-state index in [0.29, 0.717) is 25.3 Å². The molecule has 2 fully saturated rings. The molecule has 5 heteroatoms. The summed E-state index contributed by atoms with van der Waals surface area (Å²) in [6, 6.07) is 3.74. The van der Waals surface area contributed by atoms with Gasteiger partial charge >= 0.3 is 0 Å². The molecule has 1 aromatic heterocycles. The summed E-state index contributed by atoms with van der Waals surface area (Å²) >= 11 is 0. The molecule has 25 heavy (non-hydrogen) atoms. The predicted molar refractivity (Wildman–Crippen MR) is 97.3 cm³/mol. The maximum absolute atomic E-state index is 12.8. The van der Waals surface area contributed by atoms with E-state index in [0.717, 1.165) is 37.7 Å². The van der Waals surface area contributed by atoms with Crippen molar-refractivity contribution in [1.82, 2.24) is 9.80 Å². The van der Waals surface area contributed by atoms with E-state index >= 15 is 0 Å². The lowest BCUT2D eigenvalue weighted by Crippen LogP contribution is -2.51. The monoisotopic (exact) mass is 348 g/mol. The van der Waals surface area contributed by atoms with E-state index in [1.165, 1.54) is 12.8 Å². The third-order valence-electron chi connectivity index (χ3n) is 6.12. The third-order valence-corrected chi connectivity index (χ3v) is 6.12. The van der Waals surface area contributed by atoms with Crippen LogP contribution in [0.1, 0.15) is 62.8 Å². The van der Waals surface area contributed by atoms with Gasteiger partial charge in [-0.2, -0.15) is 0 Å². The van der Waals surface area contributed by atoms with Crippen molar-refractivity contribution in [3.8, 4) is 0 Å². The Morgan fingerprint density at radius 2 is 2.04 bits per heavy atom.